The molecule has 0 atom stereocenters. The number of Topliss-reactive ketones (excluding diaryl/α,β-unsaturated/α-hetero) is 1. The fourth-order valence-electron chi connectivity index (χ4n) is 1.41. The van der Waals surface area contributed by atoms with E-state index in [0.29, 0.717) is 11.9 Å². The van der Waals surface area contributed by atoms with E-state index in [1.807, 2.05) is 0 Å². The fourth-order valence-corrected chi connectivity index (χ4v) is 2.39. The number of ether oxygens (including phenoxy) is 1. The van der Waals surface area contributed by atoms with E-state index in [1.165, 1.54) is 18.2 Å². The van der Waals surface area contributed by atoms with Gasteiger partial charge in [0.1, 0.15) is 5.75 Å². The molecule has 19 heavy (non-hydrogen) atoms. The topological polar surface area (TPSA) is 26.3 Å². The van der Waals surface area contributed by atoms with Gasteiger partial charge in [-0.15, -0.1) is 0 Å². The summed E-state index contributed by atoms with van der Waals surface area (Å²) in [6.45, 7) is 2.05. The molecular weight excluding hydrogens is 345 g/mol. The summed E-state index contributed by atoms with van der Waals surface area (Å²) in [6.07, 6.45) is 0.228. The van der Waals surface area contributed by atoms with Crippen LogP contribution in [0.2, 0.25) is 0 Å². The molecule has 1 aromatic carbocycles. The molecule has 0 aliphatic heterocycles. The molecule has 2 nitrogen and oxygen atoms in total. The largest absolute Gasteiger partial charge is 0.494 e. The molecule has 0 unspecified atom stereocenters. The Bertz CT molecular complexity index is 449. The van der Waals surface area contributed by atoms with Crippen LogP contribution in [-0.4, -0.2) is 23.2 Å². The summed E-state index contributed by atoms with van der Waals surface area (Å²) in [4.78, 5) is 11.7. The number of halogens is 4. The smallest absolute Gasteiger partial charge is 0.446 e. The lowest BCUT2D eigenvalue weighted by molar-refractivity contribution is -0.0328. The van der Waals surface area contributed by atoms with Crippen LogP contribution in [-0.2, 0) is 0 Å². The Morgan fingerprint density at radius 1 is 1.37 bits per heavy atom. The summed E-state index contributed by atoms with van der Waals surface area (Å²) in [7, 11) is 0. The monoisotopic (exact) mass is 356 g/mol. The highest BCUT2D eigenvalue weighted by Crippen LogP contribution is 2.38. The van der Waals surface area contributed by atoms with Gasteiger partial charge in [-0.25, -0.2) is 0 Å². The zero-order valence-electron chi connectivity index (χ0n) is 10.1. The minimum Gasteiger partial charge on any atom is -0.494 e. The Morgan fingerprint density at radius 3 is 2.58 bits per heavy atom. The predicted molar refractivity (Wildman–Crippen MR) is 72.3 cm³/mol. The molecule has 0 fully saturated rings. The Balaban J connectivity index is 3.06. The average molecular weight is 357 g/mol. The van der Waals surface area contributed by atoms with Gasteiger partial charge in [0, 0.05) is 22.2 Å². The van der Waals surface area contributed by atoms with Crippen LogP contribution in [0.25, 0.3) is 0 Å². The molecule has 0 aliphatic rings. The number of rotatable bonds is 6. The second-order valence-corrected chi connectivity index (χ2v) is 5.47. The highest BCUT2D eigenvalue weighted by Gasteiger charge is 2.29. The molecule has 7 heteroatoms. The summed E-state index contributed by atoms with van der Waals surface area (Å²) in [5.41, 5.74) is -4.15. The minimum atomic E-state index is -4.39. The van der Waals surface area contributed by atoms with Gasteiger partial charge in [0.15, 0.2) is 5.78 Å². The van der Waals surface area contributed by atoms with Crippen molar-refractivity contribution in [1.29, 1.82) is 0 Å². The van der Waals surface area contributed by atoms with Gasteiger partial charge in [0.05, 0.1) is 6.61 Å². The van der Waals surface area contributed by atoms with Crippen molar-refractivity contribution in [2.24, 2.45) is 0 Å². The Hall–Kier alpha value is -0.690. The summed E-state index contributed by atoms with van der Waals surface area (Å²) in [6, 6.07) is 3.99. The van der Waals surface area contributed by atoms with Crippen molar-refractivity contribution in [3.63, 3.8) is 0 Å². The second-order valence-electron chi connectivity index (χ2n) is 3.54. The van der Waals surface area contributed by atoms with Crippen LogP contribution in [0.4, 0.5) is 13.2 Å². The van der Waals surface area contributed by atoms with Crippen molar-refractivity contribution in [2.45, 2.75) is 23.7 Å². The Labute approximate surface area is 121 Å². The van der Waals surface area contributed by atoms with Crippen LogP contribution in [0.5, 0.6) is 5.75 Å². The van der Waals surface area contributed by atoms with Crippen LogP contribution in [0, 0.1) is 0 Å². The van der Waals surface area contributed by atoms with Crippen LogP contribution in [0.3, 0.4) is 0 Å². The first-order chi connectivity index (χ1) is 8.85. The van der Waals surface area contributed by atoms with Crippen molar-refractivity contribution in [3.8, 4) is 5.75 Å². The molecule has 1 aromatic rings. The van der Waals surface area contributed by atoms with E-state index in [1.54, 1.807) is 6.92 Å². The summed E-state index contributed by atoms with van der Waals surface area (Å²) in [5.74, 6) is 0.0529. The lowest BCUT2D eigenvalue weighted by Gasteiger charge is -2.10. The molecule has 0 aliphatic carbocycles. The van der Waals surface area contributed by atoms with Crippen molar-refractivity contribution >= 4 is 33.5 Å². The van der Waals surface area contributed by atoms with Crippen LogP contribution in [0.15, 0.2) is 23.1 Å². The van der Waals surface area contributed by atoms with Gasteiger partial charge in [-0.3, -0.25) is 4.79 Å². The lowest BCUT2D eigenvalue weighted by Crippen LogP contribution is -2.04. The molecule has 0 saturated heterocycles. The molecule has 0 aromatic heterocycles. The average Bonchev–Trinajstić information content (AvgIpc) is 2.27. The number of hydrogen-bond acceptors (Lipinski definition) is 3. The second kappa shape index (κ2) is 7.19. The van der Waals surface area contributed by atoms with E-state index in [-0.39, 0.29) is 40.2 Å². The molecule has 0 radical (unpaired) electrons. The zero-order chi connectivity index (χ0) is 14.5. The van der Waals surface area contributed by atoms with Crippen LogP contribution >= 0.6 is 27.7 Å². The summed E-state index contributed by atoms with van der Waals surface area (Å²) < 4.78 is 42.3. The number of carbonyl (C=O) groups excluding carboxylic acids is 1. The maximum atomic E-state index is 12.4. The first kappa shape index (κ1) is 16.4. The standard InChI is InChI=1S/C12H12BrF3O2S/c1-2-18-9-5-8(11(17)3-4-13)6-10(7-9)19-12(14,15)16/h5-7H,2-4H2,1H3. The van der Waals surface area contributed by atoms with E-state index in [9.17, 15) is 18.0 Å². The van der Waals surface area contributed by atoms with Gasteiger partial charge < -0.3 is 4.74 Å². The Morgan fingerprint density at radius 2 is 2.05 bits per heavy atom. The van der Waals surface area contributed by atoms with Crippen LogP contribution in [0.1, 0.15) is 23.7 Å². The number of benzene rings is 1. The molecule has 1 rings (SSSR count). The van der Waals surface area contributed by atoms with Gasteiger partial charge in [0.2, 0.25) is 0 Å². The first-order valence-corrected chi connectivity index (χ1v) is 7.42. The van der Waals surface area contributed by atoms with E-state index in [2.05, 4.69) is 15.9 Å². The molecule has 0 bridgehead atoms. The van der Waals surface area contributed by atoms with Crippen molar-refractivity contribution in [3.05, 3.63) is 23.8 Å². The molecule has 0 heterocycles. The SMILES string of the molecule is CCOc1cc(SC(F)(F)F)cc(C(=O)CCBr)c1. The minimum absolute atomic E-state index is 0.0450. The van der Waals surface area contributed by atoms with E-state index >= 15 is 0 Å². The number of thioether (sulfide) groups is 1. The highest BCUT2D eigenvalue weighted by atomic mass is 79.9. The van der Waals surface area contributed by atoms with Crippen LogP contribution < -0.4 is 4.74 Å². The highest BCUT2D eigenvalue weighted by molar-refractivity contribution is 9.09. The molecule has 0 N–H and O–H groups in total. The number of alkyl halides is 4. The molecule has 0 amide bonds. The van der Waals surface area contributed by atoms with E-state index in [0.717, 1.165) is 0 Å². The lowest BCUT2D eigenvalue weighted by atomic mass is 10.1. The normalized spacial score (nSPS) is 11.4. The number of carbonyl (C=O) groups is 1. The van der Waals surface area contributed by atoms with Crippen molar-refractivity contribution in [2.75, 3.05) is 11.9 Å². The first-order valence-electron chi connectivity index (χ1n) is 5.48. The summed E-state index contributed by atoms with van der Waals surface area (Å²) in [5, 5.41) is 0.465. The maximum Gasteiger partial charge on any atom is 0.446 e. The summed E-state index contributed by atoms with van der Waals surface area (Å²) >= 11 is 2.87. The Kier molecular flexibility index (Phi) is 6.19. The van der Waals surface area contributed by atoms with E-state index in [4.69, 9.17) is 4.74 Å². The number of hydrogen-bond donors (Lipinski definition) is 0. The van der Waals surface area contributed by atoms with E-state index < -0.39 is 5.51 Å². The van der Waals surface area contributed by atoms with Crippen molar-refractivity contribution < 1.29 is 22.7 Å². The quantitative estimate of drug-likeness (QED) is 0.421. The van der Waals surface area contributed by atoms with Gasteiger partial charge in [-0.05, 0) is 36.9 Å². The zero-order valence-corrected chi connectivity index (χ0v) is 12.5. The third kappa shape index (κ3) is 5.86. The predicted octanol–water partition coefficient (Wildman–Crippen LogP) is 4.66. The number of ketones is 1. The van der Waals surface area contributed by atoms with Gasteiger partial charge in [-0.2, -0.15) is 13.2 Å². The molecule has 0 spiro atoms. The maximum absolute atomic E-state index is 12.4. The third-order valence-electron chi connectivity index (χ3n) is 2.07. The molecular formula is C12H12BrF3O2S. The van der Waals surface area contributed by atoms with Gasteiger partial charge in [-0.1, -0.05) is 15.9 Å². The third-order valence-corrected chi connectivity index (χ3v) is 3.17. The van der Waals surface area contributed by atoms with Crippen molar-refractivity contribution in [1.82, 2.24) is 0 Å². The molecule has 106 valence electrons. The fraction of sp³-hybridized carbons (Fsp3) is 0.417. The van der Waals surface area contributed by atoms with Gasteiger partial charge >= 0.3 is 5.51 Å². The van der Waals surface area contributed by atoms with Gasteiger partial charge in [0.25, 0.3) is 0 Å². The molecule has 0 saturated carbocycles.